The first-order chi connectivity index (χ1) is 6.69. The Hall–Kier alpha value is -1.25. The fourth-order valence-corrected chi connectivity index (χ4v) is 1.01. The van der Waals surface area contributed by atoms with E-state index in [-0.39, 0.29) is 0 Å². The molecule has 1 unspecified atom stereocenters. The fraction of sp³-hybridized carbons (Fsp3) is 0.778. The van der Waals surface area contributed by atoms with Crippen LogP contribution in [0.3, 0.4) is 0 Å². The quantitative estimate of drug-likeness (QED) is 0.732. The normalized spacial score (nSPS) is 13.5. The highest BCUT2D eigenvalue weighted by atomic mass is 19.4. The Bertz CT molecular complexity index is 268. The molecular weight excluding hydrogens is 209 g/mol. The monoisotopic (exact) mass is 222 g/mol. The molecule has 0 bridgehead atoms. The molecule has 15 heavy (non-hydrogen) atoms. The molecule has 0 aliphatic carbocycles. The molecule has 0 spiro atoms. The van der Waals surface area contributed by atoms with Gasteiger partial charge in [0.05, 0.1) is 6.07 Å². The van der Waals surface area contributed by atoms with Crippen molar-refractivity contribution in [2.75, 3.05) is 6.54 Å². The molecule has 0 aromatic heterocycles. The molecule has 0 aliphatic heterocycles. The Morgan fingerprint density at radius 2 is 1.87 bits per heavy atom. The first-order valence-corrected chi connectivity index (χ1v) is 4.46. The largest absolute Gasteiger partial charge is 0.406 e. The van der Waals surface area contributed by atoms with Crippen molar-refractivity contribution in [3.8, 4) is 6.07 Å². The number of amides is 1. The second-order valence-corrected chi connectivity index (χ2v) is 3.53. The SMILES string of the molecule is CC(C#N)C(=O)N(CC(F)(F)F)C(C)C. The molecule has 0 aromatic carbocycles. The summed E-state index contributed by atoms with van der Waals surface area (Å²) in [5, 5.41) is 8.46. The second kappa shape index (κ2) is 5.01. The summed E-state index contributed by atoms with van der Waals surface area (Å²) in [6.45, 7) is 2.94. The number of carbonyl (C=O) groups is 1. The Morgan fingerprint density at radius 3 is 2.13 bits per heavy atom. The van der Waals surface area contributed by atoms with E-state index < -0.39 is 30.6 Å². The lowest BCUT2D eigenvalue weighted by Gasteiger charge is -2.28. The van der Waals surface area contributed by atoms with Gasteiger partial charge in [0, 0.05) is 6.04 Å². The molecule has 0 heterocycles. The molecule has 0 saturated heterocycles. The van der Waals surface area contributed by atoms with E-state index in [1.54, 1.807) is 6.07 Å². The molecule has 86 valence electrons. The molecule has 3 nitrogen and oxygen atoms in total. The van der Waals surface area contributed by atoms with Gasteiger partial charge >= 0.3 is 6.18 Å². The van der Waals surface area contributed by atoms with Gasteiger partial charge in [0.2, 0.25) is 5.91 Å². The summed E-state index contributed by atoms with van der Waals surface area (Å²) in [7, 11) is 0. The molecule has 1 atom stereocenters. The van der Waals surface area contributed by atoms with Crippen molar-refractivity contribution in [1.82, 2.24) is 4.90 Å². The van der Waals surface area contributed by atoms with Crippen molar-refractivity contribution in [2.24, 2.45) is 5.92 Å². The van der Waals surface area contributed by atoms with Crippen molar-refractivity contribution >= 4 is 5.91 Å². The van der Waals surface area contributed by atoms with E-state index in [0.717, 1.165) is 0 Å². The van der Waals surface area contributed by atoms with Gasteiger partial charge in [-0.3, -0.25) is 4.79 Å². The van der Waals surface area contributed by atoms with Crippen LogP contribution >= 0.6 is 0 Å². The smallest absolute Gasteiger partial charge is 0.330 e. The Labute approximate surface area is 86.5 Å². The van der Waals surface area contributed by atoms with Crippen LogP contribution < -0.4 is 0 Å². The van der Waals surface area contributed by atoms with Crippen LogP contribution in [0.4, 0.5) is 13.2 Å². The molecule has 0 saturated carbocycles. The minimum absolute atomic E-state index is 0.574. The minimum atomic E-state index is -4.44. The van der Waals surface area contributed by atoms with Gasteiger partial charge in [-0.2, -0.15) is 18.4 Å². The van der Waals surface area contributed by atoms with E-state index in [2.05, 4.69) is 0 Å². The van der Waals surface area contributed by atoms with E-state index in [4.69, 9.17) is 5.26 Å². The van der Waals surface area contributed by atoms with E-state index in [1.165, 1.54) is 20.8 Å². The standard InChI is InChI=1S/C9H13F3N2O/c1-6(2)14(5-9(10,11)12)8(15)7(3)4-13/h6-7H,5H2,1-3H3. The fourth-order valence-electron chi connectivity index (χ4n) is 1.01. The summed E-state index contributed by atoms with van der Waals surface area (Å²) in [6, 6.07) is 1.05. The topological polar surface area (TPSA) is 44.1 Å². The first kappa shape index (κ1) is 13.8. The van der Waals surface area contributed by atoms with Crippen LogP contribution in [0, 0.1) is 17.2 Å². The first-order valence-electron chi connectivity index (χ1n) is 4.46. The number of rotatable bonds is 3. The summed E-state index contributed by atoms with van der Waals surface area (Å²) in [4.78, 5) is 12.1. The second-order valence-electron chi connectivity index (χ2n) is 3.53. The molecule has 6 heteroatoms. The predicted octanol–water partition coefficient (Wildman–Crippen LogP) is 1.95. The summed E-state index contributed by atoms with van der Waals surface area (Å²) in [6.07, 6.45) is -4.44. The molecule has 1 amide bonds. The van der Waals surface area contributed by atoms with Crippen molar-refractivity contribution < 1.29 is 18.0 Å². The molecule has 0 rings (SSSR count). The Kier molecular flexibility index (Phi) is 4.59. The molecule has 0 N–H and O–H groups in total. The van der Waals surface area contributed by atoms with Gasteiger partial charge in [-0.05, 0) is 20.8 Å². The zero-order valence-electron chi connectivity index (χ0n) is 8.80. The number of halogens is 3. The van der Waals surface area contributed by atoms with Gasteiger partial charge in [-0.15, -0.1) is 0 Å². The number of hydrogen-bond acceptors (Lipinski definition) is 2. The lowest BCUT2D eigenvalue weighted by atomic mass is 10.1. The predicted molar refractivity (Wildman–Crippen MR) is 47.7 cm³/mol. The number of carbonyl (C=O) groups excluding carboxylic acids is 1. The van der Waals surface area contributed by atoms with Gasteiger partial charge in [0.1, 0.15) is 12.5 Å². The third kappa shape index (κ3) is 4.68. The number of nitriles is 1. The highest BCUT2D eigenvalue weighted by molar-refractivity contribution is 5.81. The van der Waals surface area contributed by atoms with Gasteiger partial charge in [0.25, 0.3) is 0 Å². The lowest BCUT2D eigenvalue weighted by molar-refractivity contribution is -0.165. The van der Waals surface area contributed by atoms with Crippen molar-refractivity contribution in [2.45, 2.75) is 33.0 Å². The maximum absolute atomic E-state index is 12.1. The maximum atomic E-state index is 12.1. The van der Waals surface area contributed by atoms with Gasteiger partial charge in [-0.25, -0.2) is 0 Å². The Balaban J connectivity index is 4.70. The summed E-state index contributed by atoms with van der Waals surface area (Å²) in [5.74, 6) is -1.83. The van der Waals surface area contributed by atoms with Crippen LogP contribution in [0.15, 0.2) is 0 Å². The molecule has 0 aliphatic rings. The van der Waals surface area contributed by atoms with Crippen LogP contribution in [0.1, 0.15) is 20.8 Å². The van der Waals surface area contributed by atoms with Crippen LogP contribution in [-0.2, 0) is 4.79 Å². The van der Waals surface area contributed by atoms with Crippen LogP contribution in [0.5, 0.6) is 0 Å². The minimum Gasteiger partial charge on any atom is -0.330 e. The third-order valence-corrected chi connectivity index (χ3v) is 1.82. The summed E-state index contributed by atoms with van der Waals surface area (Å²) in [5.41, 5.74) is 0. The Morgan fingerprint density at radius 1 is 1.40 bits per heavy atom. The van der Waals surface area contributed by atoms with Gasteiger partial charge < -0.3 is 4.90 Å². The van der Waals surface area contributed by atoms with Gasteiger partial charge in [0.15, 0.2) is 0 Å². The molecule has 0 aromatic rings. The summed E-state index contributed by atoms with van der Waals surface area (Å²) >= 11 is 0. The van der Waals surface area contributed by atoms with Crippen molar-refractivity contribution in [1.29, 1.82) is 5.26 Å². The van der Waals surface area contributed by atoms with E-state index in [9.17, 15) is 18.0 Å². The highest BCUT2D eigenvalue weighted by Gasteiger charge is 2.35. The van der Waals surface area contributed by atoms with Crippen molar-refractivity contribution in [3.05, 3.63) is 0 Å². The van der Waals surface area contributed by atoms with E-state index in [0.29, 0.717) is 4.90 Å². The van der Waals surface area contributed by atoms with Crippen LogP contribution in [0.25, 0.3) is 0 Å². The van der Waals surface area contributed by atoms with Gasteiger partial charge in [-0.1, -0.05) is 0 Å². The molecule has 0 fully saturated rings. The lowest BCUT2D eigenvalue weighted by Crippen LogP contribution is -2.45. The number of nitrogens with zero attached hydrogens (tertiary/aromatic N) is 2. The van der Waals surface area contributed by atoms with E-state index in [1.807, 2.05) is 0 Å². The maximum Gasteiger partial charge on any atom is 0.406 e. The zero-order valence-corrected chi connectivity index (χ0v) is 8.80. The average Bonchev–Trinajstić information content (AvgIpc) is 2.10. The highest BCUT2D eigenvalue weighted by Crippen LogP contribution is 2.19. The van der Waals surface area contributed by atoms with Crippen LogP contribution in [-0.4, -0.2) is 29.6 Å². The van der Waals surface area contributed by atoms with E-state index >= 15 is 0 Å². The average molecular weight is 222 g/mol. The zero-order chi connectivity index (χ0) is 12.2. The third-order valence-electron chi connectivity index (χ3n) is 1.82. The summed E-state index contributed by atoms with van der Waals surface area (Å²) < 4.78 is 36.4. The number of hydrogen-bond donors (Lipinski definition) is 0. The van der Waals surface area contributed by atoms with Crippen LogP contribution in [0.2, 0.25) is 0 Å². The number of alkyl halides is 3. The molecule has 0 radical (unpaired) electrons. The molecular formula is C9H13F3N2O. The van der Waals surface area contributed by atoms with Crippen molar-refractivity contribution in [3.63, 3.8) is 0 Å².